The Morgan fingerprint density at radius 3 is 2.43 bits per heavy atom. The first-order chi connectivity index (χ1) is 5.93. The summed E-state index contributed by atoms with van der Waals surface area (Å²) in [5.74, 6) is -1.87. The van der Waals surface area contributed by atoms with Crippen molar-refractivity contribution in [1.82, 2.24) is 4.98 Å². The summed E-state index contributed by atoms with van der Waals surface area (Å²) in [5.41, 5.74) is -0.428. The van der Waals surface area contributed by atoms with Crippen molar-refractivity contribution < 1.29 is 23.4 Å². The van der Waals surface area contributed by atoms with E-state index in [1.165, 1.54) is 0 Å². The van der Waals surface area contributed by atoms with Crippen LogP contribution in [-0.4, -0.2) is 22.4 Å². The average molecular weight is 272 g/mol. The number of ketones is 1. The number of pyridine rings is 1. The van der Waals surface area contributed by atoms with Crippen LogP contribution in [0.25, 0.3) is 0 Å². The van der Waals surface area contributed by atoms with Crippen LogP contribution < -0.4 is 0 Å². The molecule has 1 aromatic rings. The zero-order valence-corrected chi connectivity index (χ0v) is 8.19. The molecule has 0 spiro atoms. The van der Waals surface area contributed by atoms with Gasteiger partial charge in [-0.3, -0.25) is 9.78 Å². The molecule has 0 aliphatic heterocycles. The minimum Gasteiger partial charge on any atom is -0.412 e. The van der Waals surface area contributed by atoms with E-state index in [1.807, 2.05) is 0 Å². The molecule has 0 aliphatic rings. The quantitative estimate of drug-likeness (QED) is 0.731. The molecule has 3 nitrogen and oxygen atoms in total. The van der Waals surface area contributed by atoms with Crippen molar-refractivity contribution in [3.8, 4) is 0 Å². The van der Waals surface area contributed by atoms with Crippen LogP contribution >= 0.6 is 15.9 Å². The highest BCUT2D eigenvalue weighted by Gasteiger charge is 2.40. The molecule has 0 aromatic carbocycles. The van der Waals surface area contributed by atoms with Crippen LogP contribution in [-0.2, 0) is 0 Å². The predicted octanol–water partition coefficient (Wildman–Crippen LogP) is 1.76. The van der Waals surface area contributed by atoms with Gasteiger partial charge in [0, 0.05) is 22.4 Å². The van der Waals surface area contributed by atoms with Crippen LogP contribution in [0.4, 0.5) is 13.2 Å². The fourth-order valence-corrected chi connectivity index (χ4v) is 1.14. The lowest BCUT2D eigenvalue weighted by Crippen LogP contribution is -2.23. The molecule has 0 bridgehead atoms. The molecule has 0 fully saturated rings. The van der Waals surface area contributed by atoms with E-state index in [2.05, 4.69) is 20.9 Å². The summed E-state index contributed by atoms with van der Waals surface area (Å²) in [5, 5.41) is 0. The van der Waals surface area contributed by atoms with Gasteiger partial charge in [0.15, 0.2) is 0 Å². The number of Topliss-reactive ketones (excluding diaryl/α,β-unsaturated/α-hetero) is 1. The number of nitrogens with zero attached hydrogens (tertiary/aromatic N) is 1. The zero-order valence-electron chi connectivity index (χ0n) is 6.60. The van der Waals surface area contributed by atoms with Gasteiger partial charge >= 0.3 is 6.18 Å². The van der Waals surface area contributed by atoms with Crippen LogP contribution in [0, 0.1) is 0 Å². The molecule has 0 aliphatic carbocycles. The Morgan fingerprint density at radius 2 is 2.00 bits per heavy atom. The van der Waals surface area contributed by atoms with Crippen molar-refractivity contribution in [3.63, 3.8) is 0 Å². The molecule has 0 atom stereocenters. The molecule has 0 saturated carbocycles. The number of aromatic nitrogens is 1. The molecule has 1 heterocycles. The zero-order chi connectivity index (χ0) is 10.1. The van der Waals surface area contributed by atoms with Crippen molar-refractivity contribution in [2.45, 2.75) is 6.18 Å². The number of hydrogen-bond acceptors (Lipinski definition) is 2. The van der Waals surface area contributed by atoms with Crippen LogP contribution in [0.2, 0.25) is 0 Å². The van der Waals surface area contributed by atoms with Crippen LogP contribution in [0.3, 0.4) is 0 Å². The third-order valence-electron chi connectivity index (χ3n) is 1.27. The second-order valence-electron chi connectivity index (χ2n) is 2.18. The Bertz CT molecular complexity index is 340. The second-order valence-corrected chi connectivity index (χ2v) is 3.04. The number of rotatable bonds is 1. The summed E-state index contributed by atoms with van der Waals surface area (Å²) in [4.78, 5) is 14.2. The molecular weight excluding hydrogens is 267 g/mol. The molecule has 2 N–H and O–H groups in total. The molecule has 1 rings (SSSR count). The van der Waals surface area contributed by atoms with Gasteiger partial charge in [-0.2, -0.15) is 13.2 Å². The highest BCUT2D eigenvalue weighted by molar-refractivity contribution is 9.10. The number of alkyl halides is 3. The molecule has 1 aromatic heterocycles. The van der Waals surface area contributed by atoms with E-state index >= 15 is 0 Å². The Kier molecular flexibility index (Phi) is 4.21. The molecule has 78 valence electrons. The molecule has 0 radical (unpaired) electrons. The number of hydrogen-bond donors (Lipinski definition) is 0. The highest BCUT2D eigenvalue weighted by atomic mass is 79.9. The van der Waals surface area contributed by atoms with E-state index < -0.39 is 17.5 Å². The van der Waals surface area contributed by atoms with E-state index in [4.69, 9.17) is 0 Å². The van der Waals surface area contributed by atoms with Crippen LogP contribution in [0.5, 0.6) is 0 Å². The summed E-state index contributed by atoms with van der Waals surface area (Å²) >= 11 is 2.81. The molecular formula is C7H5BrF3NO2. The normalized spacial score (nSPS) is 10.6. The first-order valence-corrected chi connectivity index (χ1v) is 3.93. The summed E-state index contributed by atoms with van der Waals surface area (Å²) in [6.45, 7) is 0. The maximum Gasteiger partial charge on any atom is 0.454 e. The third kappa shape index (κ3) is 2.78. The minimum absolute atomic E-state index is 0. The van der Waals surface area contributed by atoms with E-state index in [0.29, 0.717) is 0 Å². The number of halogens is 4. The third-order valence-corrected chi connectivity index (χ3v) is 1.91. The molecule has 14 heavy (non-hydrogen) atoms. The van der Waals surface area contributed by atoms with Gasteiger partial charge in [0.25, 0.3) is 5.78 Å². The Hall–Kier alpha value is -0.950. The number of carbonyl (C=O) groups excluding carboxylic acids is 1. The maximum absolute atomic E-state index is 11.9. The smallest absolute Gasteiger partial charge is 0.412 e. The van der Waals surface area contributed by atoms with Crippen molar-refractivity contribution in [1.29, 1.82) is 0 Å². The number of carbonyl (C=O) groups is 1. The second kappa shape index (κ2) is 4.52. The van der Waals surface area contributed by atoms with Gasteiger partial charge in [-0.1, -0.05) is 0 Å². The summed E-state index contributed by atoms with van der Waals surface area (Å²) in [6.07, 6.45) is -2.58. The molecule has 0 saturated heterocycles. The van der Waals surface area contributed by atoms with E-state index in [0.717, 1.165) is 18.5 Å². The van der Waals surface area contributed by atoms with Crippen molar-refractivity contribution in [2.24, 2.45) is 0 Å². The first kappa shape index (κ1) is 13.1. The van der Waals surface area contributed by atoms with E-state index in [9.17, 15) is 18.0 Å². The lowest BCUT2D eigenvalue weighted by molar-refractivity contribution is -0.0885. The molecule has 0 amide bonds. The van der Waals surface area contributed by atoms with Gasteiger partial charge in [-0.15, -0.1) is 0 Å². The van der Waals surface area contributed by atoms with Crippen molar-refractivity contribution in [2.75, 3.05) is 0 Å². The van der Waals surface area contributed by atoms with Crippen LogP contribution in [0.15, 0.2) is 22.9 Å². The largest absolute Gasteiger partial charge is 0.454 e. The first-order valence-electron chi connectivity index (χ1n) is 3.14. The fourth-order valence-electron chi connectivity index (χ4n) is 0.712. The predicted molar refractivity (Wildman–Crippen MR) is 45.9 cm³/mol. The standard InChI is InChI=1S/C7H3BrF3NO.H2O/c8-5-3-12-2-1-4(5)6(13)7(9,10)11;/h1-3H;1H2. The maximum atomic E-state index is 11.9. The topological polar surface area (TPSA) is 61.5 Å². The van der Waals surface area contributed by atoms with Crippen molar-refractivity contribution in [3.05, 3.63) is 28.5 Å². The average Bonchev–Trinajstić information content (AvgIpc) is 2.02. The molecule has 7 heteroatoms. The van der Waals surface area contributed by atoms with Gasteiger partial charge in [0.2, 0.25) is 0 Å². The Labute approximate surface area is 85.4 Å². The van der Waals surface area contributed by atoms with Gasteiger partial charge in [-0.05, 0) is 22.0 Å². The van der Waals surface area contributed by atoms with E-state index in [1.54, 1.807) is 0 Å². The summed E-state index contributed by atoms with van der Waals surface area (Å²) in [7, 11) is 0. The Morgan fingerprint density at radius 1 is 1.43 bits per heavy atom. The Balaban J connectivity index is 0.00000169. The SMILES string of the molecule is O.O=C(c1ccncc1Br)C(F)(F)F. The lowest BCUT2D eigenvalue weighted by atomic mass is 10.2. The van der Waals surface area contributed by atoms with Crippen LogP contribution in [0.1, 0.15) is 10.4 Å². The van der Waals surface area contributed by atoms with Gasteiger partial charge in [0.05, 0.1) is 0 Å². The van der Waals surface area contributed by atoms with Gasteiger partial charge < -0.3 is 5.48 Å². The lowest BCUT2D eigenvalue weighted by Gasteiger charge is -2.05. The minimum atomic E-state index is -4.84. The molecule has 0 unspecified atom stereocenters. The summed E-state index contributed by atoms with van der Waals surface area (Å²) < 4.78 is 35.8. The van der Waals surface area contributed by atoms with E-state index in [-0.39, 0.29) is 9.95 Å². The monoisotopic (exact) mass is 271 g/mol. The van der Waals surface area contributed by atoms with Gasteiger partial charge in [-0.25, -0.2) is 0 Å². The fraction of sp³-hybridized carbons (Fsp3) is 0.143. The van der Waals surface area contributed by atoms with Crippen molar-refractivity contribution >= 4 is 21.7 Å². The summed E-state index contributed by atoms with van der Waals surface area (Å²) in [6, 6.07) is 1.01. The highest BCUT2D eigenvalue weighted by Crippen LogP contribution is 2.25. The van der Waals surface area contributed by atoms with Gasteiger partial charge in [0.1, 0.15) is 0 Å².